The van der Waals surface area contributed by atoms with Gasteiger partial charge < -0.3 is 19.9 Å². The lowest BCUT2D eigenvalue weighted by Crippen LogP contribution is -2.27. The van der Waals surface area contributed by atoms with E-state index in [0.717, 1.165) is 31.5 Å². The fraction of sp³-hybridized carbons (Fsp3) is 0.304. The van der Waals surface area contributed by atoms with Crippen LogP contribution < -0.4 is 10.1 Å². The summed E-state index contributed by atoms with van der Waals surface area (Å²) in [6.45, 7) is 3.47. The van der Waals surface area contributed by atoms with E-state index in [2.05, 4.69) is 15.0 Å². The number of halogens is 3. The van der Waals surface area contributed by atoms with Crippen molar-refractivity contribution in [3.05, 3.63) is 64.8 Å². The summed E-state index contributed by atoms with van der Waals surface area (Å²) >= 11 is 0. The summed E-state index contributed by atoms with van der Waals surface area (Å²) in [4.78, 5) is 29.9. The number of alkyl halides is 3. The number of likely N-dealkylation sites (tertiary alicyclic amines) is 1. The molecule has 9 heteroatoms. The van der Waals surface area contributed by atoms with E-state index in [1.807, 2.05) is 4.90 Å². The van der Waals surface area contributed by atoms with Crippen molar-refractivity contribution in [2.75, 3.05) is 13.1 Å². The van der Waals surface area contributed by atoms with Gasteiger partial charge >= 0.3 is 6.36 Å². The second-order valence-electron chi connectivity index (χ2n) is 7.76. The molecular weight excluding hydrogens is 423 g/mol. The van der Waals surface area contributed by atoms with Gasteiger partial charge in [-0.15, -0.1) is 13.2 Å². The molecule has 168 valence electrons. The molecule has 0 unspecified atom stereocenters. The first kappa shape index (κ1) is 21.7. The zero-order chi connectivity index (χ0) is 22.9. The van der Waals surface area contributed by atoms with E-state index in [4.69, 9.17) is 0 Å². The maximum Gasteiger partial charge on any atom is 0.573 e. The van der Waals surface area contributed by atoms with Crippen LogP contribution >= 0.6 is 0 Å². The van der Waals surface area contributed by atoms with Crippen molar-refractivity contribution in [3.63, 3.8) is 0 Å². The smallest absolute Gasteiger partial charge is 0.406 e. The third-order valence-corrected chi connectivity index (χ3v) is 5.54. The van der Waals surface area contributed by atoms with Crippen LogP contribution in [-0.4, -0.2) is 41.2 Å². The molecule has 2 aromatic carbocycles. The normalized spacial score (nSPS) is 14.1. The Labute approximate surface area is 182 Å². The summed E-state index contributed by atoms with van der Waals surface area (Å²) in [6, 6.07) is 11.0. The van der Waals surface area contributed by atoms with E-state index >= 15 is 0 Å². The van der Waals surface area contributed by atoms with Crippen molar-refractivity contribution in [1.29, 1.82) is 0 Å². The number of aromatic amines is 1. The van der Waals surface area contributed by atoms with Gasteiger partial charge in [0.05, 0.1) is 0 Å². The second-order valence-corrected chi connectivity index (χ2v) is 7.76. The number of benzene rings is 2. The number of ether oxygens (including phenoxy) is 1. The van der Waals surface area contributed by atoms with Gasteiger partial charge in [-0.2, -0.15) is 0 Å². The number of hydrogen-bond donors (Lipinski definition) is 2. The van der Waals surface area contributed by atoms with Crippen LogP contribution in [0.1, 0.15) is 44.8 Å². The molecule has 6 nitrogen and oxygen atoms in total. The number of rotatable bonds is 5. The molecule has 3 aromatic rings. The topological polar surface area (TPSA) is 74.4 Å². The Morgan fingerprint density at radius 3 is 2.44 bits per heavy atom. The van der Waals surface area contributed by atoms with E-state index < -0.39 is 6.36 Å². The van der Waals surface area contributed by atoms with Crippen molar-refractivity contribution in [1.82, 2.24) is 15.2 Å². The summed E-state index contributed by atoms with van der Waals surface area (Å²) in [5.41, 5.74) is 2.77. The van der Waals surface area contributed by atoms with Crippen LogP contribution in [0.4, 0.5) is 13.2 Å². The highest BCUT2D eigenvalue weighted by Gasteiger charge is 2.31. The number of fused-ring (bicyclic) bond motifs is 1. The minimum Gasteiger partial charge on any atom is -0.406 e. The molecule has 2 heterocycles. The highest BCUT2D eigenvalue weighted by Crippen LogP contribution is 2.29. The quantitative estimate of drug-likeness (QED) is 0.606. The van der Waals surface area contributed by atoms with Crippen LogP contribution in [0.2, 0.25) is 0 Å². The first-order chi connectivity index (χ1) is 15.2. The lowest BCUT2D eigenvalue weighted by Gasteiger charge is -2.15. The fourth-order valence-corrected chi connectivity index (χ4v) is 3.87. The van der Waals surface area contributed by atoms with Gasteiger partial charge in [-0.25, -0.2) is 0 Å². The summed E-state index contributed by atoms with van der Waals surface area (Å²) in [7, 11) is 0. The molecule has 2 amide bonds. The summed E-state index contributed by atoms with van der Waals surface area (Å²) in [6.07, 6.45) is -2.73. The Morgan fingerprint density at radius 1 is 1.09 bits per heavy atom. The van der Waals surface area contributed by atoms with Crippen LogP contribution in [0.5, 0.6) is 5.75 Å². The maximum absolute atomic E-state index is 12.7. The molecule has 1 aliphatic rings. The van der Waals surface area contributed by atoms with E-state index in [0.29, 0.717) is 22.0 Å². The summed E-state index contributed by atoms with van der Waals surface area (Å²) in [5.74, 6) is -0.711. The van der Waals surface area contributed by atoms with Crippen LogP contribution in [-0.2, 0) is 6.54 Å². The van der Waals surface area contributed by atoms with Gasteiger partial charge in [0.25, 0.3) is 11.8 Å². The average molecular weight is 445 g/mol. The van der Waals surface area contributed by atoms with Crippen LogP contribution in [0, 0.1) is 6.92 Å². The number of nitrogens with zero attached hydrogens (tertiary/aromatic N) is 1. The maximum atomic E-state index is 12.7. The van der Waals surface area contributed by atoms with Crippen molar-refractivity contribution < 1.29 is 27.5 Å². The molecule has 0 radical (unpaired) electrons. The molecule has 0 atom stereocenters. The SMILES string of the molecule is Cc1c(C(=O)NCc2ccc(C(=O)N3CCCC3)cc2)[nH]c2ccc(OC(F)(F)F)cc12. The molecule has 0 bridgehead atoms. The van der Waals surface area contributed by atoms with Crippen molar-refractivity contribution in [2.45, 2.75) is 32.7 Å². The predicted molar refractivity (Wildman–Crippen MR) is 112 cm³/mol. The van der Waals surface area contributed by atoms with Crippen LogP contribution in [0.25, 0.3) is 10.9 Å². The standard InChI is InChI=1S/C23H22F3N3O3/c1-14-18-12-17(32-23(24,25)26)8-9-19(18)28-20(14)21(30)27-13-15-4-6-16(7-5-15)22(31)29-10-2-3-11-29/h4-9,12,28H,2-3,10-11,13H2,1H3,(H,27,30). The first-order valence-electron chi connectivity index (χ1n) is 10.3. The largest absolute Gasteiger partial charge is 0.573 e. The summed E-state index contributed by atoms with van der Waals surface area (Å²) < 4.78 is 41.4. The third kappa shape index (κ3) is 4.71. The Kier molecular flexibility index (Phi) is 5.82. The number of aryl methyl sites for hydroxylation is 1. The van der Waals surface area contributed by atoms with Crippen molar-refractivity contribution >= 4 is 22.7 Å². The Hall–Kier alpha value is -3.49. The Balaban J connectivity index is 1.42. The second kappa shape index (κ2) is 8.57. The minimum atomic E-state index is -4.78. The predicted octanol–water partition coefficient (Wildman–Crippen LogP) is 4.54. The third-order valence-electron chi connectivity index (χ3n) is 5.54. The van der Waals surface area contributed by atoms with E-state index in [1.165, 1.54) is 18.2 Å². The van der Waals surface area contributed by atoms with Gasteiger partial charge in [-0.1, -0.05) is 12.1 Å². The van der Waals surface area contributed by atoms with E-state index in [-0.39, 0.29) is 29.8 Å². The molecule has 1 aliphatic heterocycles. The number of hydrogen-bond acceptors (Lipinski definition) is 3. The Morgan fingerprint density at radius 2 is 1.78 bits per heavy atom. The van der Waals surface area contributed by atoms with E-state index in [9.17, 15) is 22.8 Å². The molecule has 2 N–H and O–H groups in total. The van der Waals surface area contributed by atoms with Gasteiger partial charge in [-0.3, -0.25) is 9.59 Å². The Bertz CT molecular complexity index is 1150. The van der Waals surface area contributed by atoms with Gasteiger partial charge in [0, 0.05) is 36.1 Å². The molecule has 0 spiro atoms. The van der Waals surface area contributed by atoms with Crippen LogP contribution in [0.3, 0.4) is 0 Å². The van der Waals surface area contributed by atoms with Gasteiger partial charge in [0.2, 0.25) is 0 Å². The summed E-state index contributed by atoms with van der Waals surface area (Å²) in [5, 5.41) is 3.27. The molecule has 4 rings (SSSR count). The monoisotopic (exact) mass is 445 g/mol. The van der Waals surface area contributed by atoms with Gasteiger partial charge in [0.15, 0.2) is 0 Å². The van der Waals surface area contributed by atoms with Gasteiger partial charge in [-0.05, 0) is 61.2 Å². The lowest BCUT2D eigenvalue weighted by molar-refractivity contribution is -0.274. The fourth-order valence-electron chi connectivity index (χ4n) is 3.87. The number of carbonyl (C=O) groups excluding carboxylic acids is 2. The highest BCUT2D eigenvalue weighted by atomic mass is 19.4. The molecule has 1 aromatic heterocycles. The molecule has 0 aliphatic carbocycles. The van der Waals surface area contributed by atoms with Gasteiger partial charge in [0.1, 0.15) is 11.4 Å². The van der Waals surface area contributed by atoms with Crippen molar-refractivity contribution in [2.24, 2.45) is 0 Å². The zero-order valence-electron chi connectivity index (χ0n) is 17.4. The molecule has 1 fully saturated rings. The average Bonchev–Trinajstić information content (AvgIpc) is 3.40. The molecule has 0 saturated carbocycles. The minimum absolute atomic E-state index is 0.0145. The van der Waals surface area contributed by atoms with Crippen molar-refractivity contribution in [3.8, 4) is 5.75 Å². The number of amides is 2. The lowest BCUT2D eigenvalue weighted by atomic mass is 10.1. The number of aromatic nitrogens is 1. The molecular formula is C23H22F3N3O3. The number of nitrogens with one attached hydrogen (secondary N) is 2. The zero-order valence-corrected chi connectivity index (χ0v) is 17.4. The number of carbonyl (C=O) groups is 2. The number of H-pyrrole nitrogens is 1. The molecule has 32 heavy (non-hydrogen) atoms. The van der Waals surface area contributed by atoms with E-state index in [1.54, 1.807) is 31.2 Å². The first-order valence-corrected chi connectivity index (χ1v) is 10.3. The van der Waals surface area contributed by atoms with Crippen LogP contribution in [0.15, 0.2) is 42.5 Å². The highest BCUT2D eigenvalue weighted by molar-refractivity contribution is 6.01. The molecule has 1 saturated heterocycles.